The van der Waals surface area contributed by atoms with Crippen LogP contribution in [0.3, 0.4) is 0 Å². The van der Waals surface area contributed by atoms with Crippen molar-refractivity contribution in [3.05, 3.63) is 65.9 Å². The van der Waals surface area contributed by atoms with Crippen LogP contribution in [-0.2, 0) is 0 Å². The van der Waals surface area contributed by atoms with Gasteiger partial charge in [0, 0.05) is 8.04 Å². The summed E-state index contributed by atoms with van der Waals surface area (Å²) >= 11 is 8.86. The normalized spacial score (nSPS) is 12.5. The van der Waals surface area contributed by atoms with E-state index in [4.69, 9.17) is 5.73 Å². The molecule has 0 aliphatic carbocycles. The Morgan fingerprint density at radius 3 is 2.50 bits per heavy atom. The molecule has 94 valence electrons. The lowest BCUT2D eigenvalue weighted by atomic mass is 10.00. The minimum Gasteiger partial charge on any atom is -0.320 e. The summed E-state index contributed by atoms with van der Waals surface area (Å²) in [5, 5.41) is 0. The van der Waals surface area contributed by atoms with E-state index in [1.165, 1.54) is 6.07 Å². The number of halogens is 4. The van der Waals surface area contributed by atoms with Crippen molar-refractivity contribution in [2.75, 3.05) is 0 Å². The molecule has 0 radical (unpaired) electrons. The van der Waals surface area contributed by atoms with Crippen molar-refractivity contribution < 1.29 is 4.39 Å². The molecule has 0 saturated heterocycles. The lowest BCUT2D eigenvalue weighted by Crippen LogP contribution is -2.13. The van der Waals surface area contributed by atoms with Crippen LogP contribution in [0.5, 0.6) is 0 Å². The highest BCUT2D eigenvalue weighted by atomic mass is 127. The molecule has 1 nitrogen and oxygen atoms in total. The second kappa shape index (κ2) is 5.98. The zero-order chi connectivity index (χ0) is 13.3. The first kappa shape index (κ1) is 14.4. The molecular formula is C13H9Br2FIN. The summed E-state index contributed by atoms with van der Waals surface area (Å²) in [5.74, 6) is -0.283. The summed E-state index contributed by atoms with van der Waals surface area (Å²) in [4.78, 5) is 0. The molecule has 0 spiro atoms. The van der Waals surface area contributed by atoms with Gasteiger partial charge in [0.25, 0.3) is 0 Å². The van der Waals surface area contributed by atoms with Crippen molar-refractivity contribution >= 4 is 54.5 Å². The van der Waals surface area contributed by atoms with Gasteiger partial charge in [-0.05, 0) is 80.0 Å². The minimum atomic E-state index is -0.283. The zero-order valence-electron chi connectivity index (χ0n) is 9.13. The number of hydrogen-bond acceptors (Lipinski definition) is 1. The molecule has 0 aliphatic rings. The van der Waals surface area contributed by atoms with Crippen LogP contribution in [0.4, 0.5) is 4.39 Å². The van der Waals surface area contributed by atoms with Gasteiger partial charge >= 0.3 is 0 Å². The standard InChI is InChI=1S/C13H9Br2FIN/c14-8-2-4-12(17)9(6-8)13(18)7-1-3-11(16)10(15)5-7/h1-6,13H,18H2. The molecule has 0 aromatic heterocycles. The van der Waals surface area contributed by atoms with Gasteiger partial charge < -0.3 is 5.73 Å². The highest BCUT2D eigenvalue weighted by Gasteiger charge is 2.14. The van der Waals surface area contributed by atoms with E-state index in [1.807, 2.05) is 18.2 Å². The molecule has 5 heteroatoms. The zero-order valence-corrected chi connectivity index (χ0v) is 14.5. The van der Waals surface area contributed by atoms with Gasteiger partial charge in [0.2, 0.25) is 0 Å². The van der Waals surface area contributed by atoms with Crippen LogP contribution in [0.25, 0.3) is 0 Å². The van der Waals surface area contributed by atoms with E-state index in [-0.39, 0.29) is 11.9 Å². The summed E-state index contributed by atoms with van der Waals surface area (Å²) in [5.41, 5.74) is 8.13. The molecule has 2 N–H and O–H groups in total. The third kappa shape index (κ3) is 3.12. The summed E-state index contributed by atoms with van der Waals surface area (Å²) in [6, 6.07) is 10.5. The Bertz CT molecular complexity index is 589. The Morgan fingerprint density at radius 2 is 1.83 bits per heavy atom. The maximum Gasteiger partial charge on any atom is 0.137 e. The topological polar surface area (TPSA) is 26.0 Å². The SMILES string of the molecule is NC(c1ccc(F)c(Br)c1)c1cc(Br)ccc1I. The molecule has 1 unspecified atom stereocenters. The van der Waals surface area contributed by atoms with Crippen molar-refractivity contribution in [3.8, 4) is 0 Å². The van der Waals surface area contributed by atoms with Crippen LogP contribution < -0.4 is 5.73 Å². The monoisotopic (exact) mass is 483 g/mol. The maximum atomic E-state index is 13.2. The third-order valence-electron chi connectivity index (χ3n) is 2.60. The van der Waals surface area contributed by atoms with E-state index >= 15 is 0 Å². The maximum absolute atomic E-state index is 13.2. The first-order valence-electron chi connectivity index (χ1n) is 5.14. The fraction of sp³-hybridized carbons (Fsp3) is 0.0769. The van der Waals surface area contributed by atoms with Gasteiger partial charge in [-0.15, -0.1) is 0 Å². The molecule has 0 bridgehead atoms. The number of nitrogens with two attached hydrogens (primary N) is 1. The van der Waals surface area contributed by atoms with Crippen LogP contribution in [0, 0.1) is 9.39 Å². The van der Waals surface area contributed by atoms with E-state index in [1.54, 1.807) is 12.1 Å². The molecule has 0 aliphatic heterocycles. The van der Waals surface area contributed by atoms with Gasteiger partial charge in [-0.1, -0.05) is 22.0 Å². The molecule has 0 fully saturated rings. The van der Waals surface area contributed by atoms with Crippen LogP contribution in [0.2, 0.25) is 0 Å². The molecule has 2 rings (SSSR count). The molecule has 0 amide bonds. The van der Waals surface area contributed by atoms with Gasteiger partial charge in [0.05, 0.1) is 10.5 Å². The Kier molecular flexibility index (Phi) is 4.80. The van der Waals surface area contributed by atoms with E-state index < -0.39 is 0 Å². The average Bonchev–Trinajstić information content (AvgIpc) is 2.35. The van der Waals surface area contributed by atoms with E-state index in [2.05, 4.69) is 54.5 Å². The highest BCUT2D eigenvalue weighted by Crippen LogP contribution is 2.29. The molecule has 18 heavy (non-hydrogen) atoms. The van der Waals surface area contributed by atoms with Gasteiger partial charge in [-0.3, -0.25) is 0 Å². The van der Waals surface area contributed by atoms with Crippen molar-refractivity contribution in [1.82, 2.24) is 0 Å². The van der Waals surface area contributed by atoms with Gasteiger partial charge in [-0.2, -0.15) is 0 Å². The lowest BCUT2D eigenvalue weighted by Gasteiger charge is -2.15. The van der Waals surface area contributed by atoms with Crippen molar-refractivity contribution in [1.29, 1.82) is 0 Å². The predicted molar refractivity (Wildman–Crippen MR) is 87.0 cm³/mol. The summed E-state index contributed by atoms with van der Waals surface area (Å²) in [7, 11) is 0. The summed E-state index contributed by atoms with van der Waals surface area (Å²) < 4.78 is 15.7. The fourth-order valence-corrected chi connectivity index (χ4v) is 3.08. The number of rotatable bonds is 2. The molecule has 2 aromatic rings. The van der Waals surface area contributed by atoms with E-state index in [9.17, 15) is 4.39 Å². The Balaban J connectivity index is 2.44. The molecule has 0 saturated carbocycles. The van der Waals surface area contributed by atoms with Crippen LogP contribution in [-0.4, -0.2) is 0 Å². The quantitative estimate of drug-likeness (QED) is 0.596. The number of hydrogen-bond donors (Lipinski definition) is 1. The van der Waals surface area contributed by atoms with Crippen LogP contribution in [0.15, 0.2) is 45.3 Å². The van der Waals surface area contributed by atoms with E-state index in [0.29, 0.717) is 4.47 Å². The van der Waals surface area contributed by atoms with Crippen molar-refractivity contribution in [2.24, 2.45) is 5.73 Å². The van der Waals surface area contributed by atoms with Crippen LogP contribution in [0.1, 0.15) is 17.2 Å². The third-order valence-corrected chi connectivity index (χ3v) is 4.68. The van der Waals surface area contributed by atoms with Gasteiger partial charge in [0.15, 0.2) is 0 Å². The molecule has 1 atom stereocenters. The summed E-state index contributed by atoms with van der Waals surface area (Å²) in [6.07, 6.45) is 0. The van der Waals surface area contributed by atoms with E-state index in [0.717, 1.165) is 19.2 Å². The summed E-state index contributed by atoms with van der Waals surface area (Å²) in [6.45, 7) is 0. The highest BCUT2D eigenvalue weighted by molar-refractivity contribution is 14.1. The van der Waals surface area contributed by atoms with Crippen molar-refractivity contribution in [3.63, 3.8) is 0 Å². The first-order chi connectivity index (χ1) is 8.49. The Labute approximate surface area is 135 Å². The van der Waals surface area contributed by atoms with Gasteiger partial charge in [0.1, 0.15) is 5.82 Å². The molecular weight excluding hydrogens is 476 g/mol. The number of benzene rings is 2. The smallest absolute Gasteiger partial charge is 0.137 e. The van der Waals surface area contributed by atoms with Crippen molar-refractivity contribution in [2.45, 2.75) is 6.04 Å². The fourth-order valence-electron chi connectivity index (χ4n) is 1.64. The van der Waals surface area contributed by atoms with Crippen LogP contribution >= 0.6 is 54.5 Å². The predicted octanol–water partition coefficient (Wildman–Crippen LogP) is 5.00. The lowest BCUT2D eigenvalue weighted by molar-refractivity contribution is 0.619. The van der Waals surface area contributed by atoms with Gasteiger partial charge in [-0.25, -0.2) is 4.39 Å². The largest absolute Gasteiger partial charge is 0.320 e. The second-order valence-corrected chi connectivity index (χ2v) is 6.75. The molecule has 2 aromatic carbocycles. The Hall–Kier alpha value is 0.0200. The second-order valence-electron chi connectivity index (χ2n) is 3.82. The Morgan fingerprint density at radius 1 is 1.11 bits per heavy atom. The molecule has 0 heterocycles. The average molecular weight is 485 g/mol. The first-order valence-corrected chi connectivity index (χ1v) is 7.81. The minimum absolute atomic E-state index is 0.272.